The number of hydrogen-bond acceptors (Lipinski definition) is 1. The van der Waals surface area contributed by atoms with Crippen molar-refractivity contribution in [2.24, 2.45) is 10.4 Å². The molecule has 0 aliphatic carbocycles. The SMILES string of the molecule is CN=C1CC(C)(C)CCCN1C(C)C. The molecule has 0 radical (unpaired) electrons. The molecule has 1 aliphatic rings. The summed E-state index contributed by atoms with van der Waals surface area (Å²) in [6.07, 6.45) is 3.74. The molecule has 0 amide bonds. The van der Waals surface area contributed by atoms with E-state index < -0.39 is 0 Å². The summed E-state index contributed by atoms with van der Waals surface area (Å²) in [5.74, 6) is 1.29. The summed E-state index contributed by atoms with van der Waals surface area (Å²) in [4.78, 5) is 6.90. The molecule has 0 aromatic carbocycles. The van der Waals surface area contributed by atoms with E-state index in [4.69, 9.17) is 0 Å². The van der Waals surface area contributed by atoms with Crippen LogP contribution in [0.15, 0.2) is 4.99 Å². The molecule has 0 spiro atoms. The van der Waals surface area contributed by atoms with Crippen molar-refractivity contribution in [3.63, 3.8) is 0 Å². The third kappa shape index (κ3) is 2.73. The van der Waals surface area contributed by atoms with Crippen LogP contribution in [-0.2, 0) is 0 Å². The summed E-state index contributed by atoms with van der Waals surface area (Å²) >= 11 is 0. The summed E-state index contributed by atoms with van der Waals surface area (Å²) in [5, 5.41) is 0. The summed E-state index contributed by atoms with van der Waals surface area (Å²) in [7, 11) is 1.92. The molecular formula is C12H24N2. The Labute approximate surface area is 88.4 Å². The first kappa shape index (κ1) is 11.5. The Balaban J connectivity index is 2.81. The van der Waals surface area contributed by atoms with Crippen LogP contribution in [0.1, 0.15) is 47.0 Å². The number of aliphatic imine (C=N–C) groups is 1. The van der Waals surface area contributed by atoms with Gasteiger partial charge in [-0.3, -0.25) is 4.99 Å². The van der Waals surface area contributed by atoms with Gasteiger partial charge in [0.15, 0.2) is 0 Å². The molecule has 2 heteroatoms. The maximum Gasteiger partial charge on any atom is 0.0993 e. The van der Waals surface area contributed by atoms with Gasteiger partial charge >= 0.3 is 0 Å². The molecule has 1 saturated heterocycles. The standard InChI is InChI=1S/C12H24N2/c1-10(2)14-8-6-7-12(3,4)9-11(14)13-5/h10H,6-9H2,1-5H3. The zero-order chi connectivity index (χ0) is 10.8. The van der Waals surface area contributed by atoms with E-state index in [-0.39, 0.29) is 0 Å². The van der Waals surface area contributed by atoms with Crippen LogP contribution in [-0.4, -0.2) is 30.4 Å². The summed E-state index contributed by atoms with van der Waals surface area (Å²) in [6, 6.07) is 0.586. The number of nitrogens with zero attached hydrogens (tertiary/aromatic N) is 2. The third-order valence-corrected chi connectivity index (χ3v) is 3.10. The van der Waals surface area contributed by atoms with Crippen LogP contribution in [0, 0.1) is 5.41 Å². The second kappa shape index (κ2) is 4.33. The van der Waals surface area contributed by atoms with Gasteiger partial charge in [0.2, 0.25) is 0 Å². The van der Waals surface area contributed by atoms with Crippen LogP contribution in [0.4, 0.5) is 0 Å². The zero-order valence-corrected chi connectivity index (χ0v) is 10.3. The van der Waals surface area contributed by atoms with Crippen molar-refractivity contribution in [1.29, 1.82) is 0 Å². The first-order valence-corrected chi connectivity index (χ1v) is 5.68. The summed E-state index contributed by atoms with van der Waals surface area (Å²) < 4.78 is 0. The predicted molar refractivity (Wildman–Crippen MR) is 62.8 cm³/mol. The van der Waals surface area contributed by atoms with Crippen LogP contribution >= 0.6 is 0 Å². The van der Waals surface area contributed by atoms with E-state index >= 15 is 0 Å². The van der Waals surface area contributed by atoms with Crippen molar-refractivity contribution in [3.8, 4) is 0 Å². The lowest BCUT2D eigenvalue weighted by Crippen LogP contribution is -2.37. The molecule has 0 atom stereocenters. The van der Waals surface area contributed by atoms with Gasteiger partial charge in [-0.15, -0.1) is 0 Å². The van der Waals surface area contributed by atoms with E-state index in [9.17, 15) is 0 Å². The second-order valence-corrected chi connectivity index (χ2v) is 5.37. The van der Waals surface area contributed by atoms with Crippen LogP contribution in [0.2, 0.25) is 0 Å². The first-order valence-electron chi connectivity index (χ1n) is 5.68. The number of likely N-dealkylation sites (tertiary alicyclic amines) is 1. The molecule has 2 nitrogen and oxygen atoms in total. The largest absolute Gasteiger partial charge is 0.358 e. The minimum Gasteiger partial charge on any atom is -0.358 e. The predicted octanol–water partition coefficient (Wildman–Crippen LogP) is 2.94. The number of amidine groups is 1. The Morgan fingerprint density at radius 1 is 1.36 bits per heavy atom. The first-order chi connectivity index (χ1) is 6.46. The zero-order valence-electron chi connectivity index (χ0n) is 10.3. The lowest BCUT2D eigenvalue weighted by atomic mass is 9.85. The molecule has 14 heavy (non-hydrogen) atoms. The fourth-order valence-electron chi connectivity index (χ4n) is 2.24. The van der Waals surface area contributed by atoms with Crippen LogP contribution in [0.3, 0.4) is 0 Å². The molecule has 1 fully saturated rings. The molecule has 0 saturated carbocycles. The Bertz CT molecular complexity index is 216. The van der Waals surface area contributed by atoms with Crippen molar-refractivity contribution in [1.82, 2.24) is 4.90 Å². The minimum atomic E-state index is 0.429. The highest BCUT2D eigenvalue weighted by Gasteiger charge is 2.27. The van der Waals surface area contributed by atoms with E-state index in [0.717, 1.165) is 6.42 Å². The Morgan fingerprint density at radius 2 is 2.00 bits per heavy atom. The van der Waals surface area contributed by atoms with Gasteiger partial charge in [0.1, 0.15) is 0 Å². The van der Waals surface area contributed by atoms with Gasteiger partial charge in [0.25, 0.3) is 0 Å². The van der Waals surface area contributed by atoms with Gasteiger partial charge in [-0.25, -0.2) is 0 Å². The van der Waals surface area contributed by atoms with Crippen molar-refractivity contribution >= 4 is 5.84 Å². The fraction of sp³-hybridized carbons (Fsp3) is 0.917. The van der Waals surface area contributed by atoms with Gasteiger partial charge in [-0.05, 0) is 32.1 Å². The van der Waals surface area contributed by atoms with Crippen molar-refractivity contribution in [2.45, 2.75) is 53.0 Å². The maximum absolute atomic E-state index is 4.45. The highest BCUT2D eigenvalue weighted by molar-refractivity contribution is 5.83. The Hall–Kier alpha value is -0.530. The number of hydrogen-bond donors (Lipinski definition) is 0. The molecule has 82 valence electrons. The molecule has 1 rings (SSSR count). The minimum absolute atomic E-state index is 0.429. The normalized spacial score (nSPS) is 25.6. The van der Waals surface area contributed by atoms with E-state index in [1.165, 1.54) is 25.2 Å². The molecule has 0 N–H and O–H groups in total. The molecule has 0 bridgehead atoms. The van der Waals surface area contributed by atoms with Crippen LogP contribution < -0.4 is 0 Å². The van der Waals surface area contributed by atoms with Crippen molar-refractivity contribution in [3.05, 3.63) is 0 Å². The smallest absolute Gasteiger partial charge is 0.0993 e. The Kier molecular flexibility index (Phi) is 3.57. The molecule has 0 aromatic heterocycles. The van der Waals surface area contributed by atoms with Gasteiger partial charge in [-0.2, -0.15) is 0 Å². The van der Waals surface area contributed by atoms with Gasteiger partial charge < -0.3 is 4.90 Å². The maximum atomic E-state index is 4.45. The fourth-order valence-corrected chi connectivity index (χ4v) is 2.24. The second-order valence-electron chi connectivity index (χ2n) is 5.37. The lowest BCUT2D eigenvalue weighted by Gasteiger charge is -2.29. The summed E-state index contributed by atoms with van der Waals surface area (Å²) in [6.45, 7) is 10.4. The van der Waals surface area contributed by atoms with Gasteiger partial charge in [-0.1, -0.05) is 13.8 Å². The van der Waals surface area contributed by atoms with Crippen LogP contribution in [0.5, 0.6) is 0 Å². The van der Waals surface area contributed by atoms with E-state index in [2.05, 4.69) is 37.6 Å². The number of rotatable bonds is 1. The van der Waals surface area contributed by atoms with Gasteiger partial charge in [0.05, 0.1) is 5.84 Å². The third-order valence-electron chi connectivity index (χ3n) is 3.10. The summed E-state index contributed by atoms with van der Waals surface area (Å²) in [5.41, 5.74) is 0.429. The van der Waals surface area contributed by atoms with E-state index in [1.54, 1.807) is 0 Å². The molecule has 0 aromatic rings. The van der Waals surface area contributed by atoms with Crippen LogP contribution in [0.25, 0.3) is 0 Å². The molecule has 1 heterocycles. The molecule has 0 unspecified atom stereocenters. The lowest BCUT2D eigenvalue weighted by molar-refractivity contribution is 0.336. The van der Waals surface area contributed by atoms with Crippen molar-refractivity contribution in [2.75, 3.05) is 13.6 Å². The highest BCUT2D eigenvalue weighted by Crippen LogP contribution is 2.31. The molecular weight excluding hydrogens is 172 g/mol. The Morgan fingerprint density at radius 3 is 2.50 bits per heavy atom. The van der Waals surface area contributed by atoms with E-state index in [1.807, 2.05) is 7.05 Å². The molecule has 1 aliphatic heterocycles. The topological polar surface area (TPSA) is 15.6 Å². The average Bonchev–Trinajstić information content (AvgIpc) is 2.22. The average molecular weight is 196 g/mol. The highest BCUT2D eigenvalue weighted by atomic mass is 15.2. The monoisotopic (exact) mass is 196 g/mol. The van der Waals surface area contributed by atoms with E-state index in [0.29, 0.717) is 11.5 Å². The van der Waals surface area contributed by atoms with Crippen molar-refractivity contribution < 1.29 is 0 Å². The van der Waals surface area contributed by atoms with Gasteiger partial charge in [0, 0.05) is 26.1 Å². The quantitative estimate of drug-likeness (QED) is 0.629.